The summed E-state index contributed by atoms with van der Waals surface area (Å²) in [6, 6.07) is -0.447. The van der Waals surface area contributed by atoms with E-state index in [1.54, 1.807) is 7.11 Å². The van der Waals surface area contributed by atoms with Gasteiger partial charge in [-0.15, -0.1) is 11.3 Å². The monoisotopic (exact) mass is 447 g/mol. The first-order valence-corrected chi connectivity index (χ1v) is 10.2. The average molecular weight is 448 g/mol. The van der Waals surface area contributed by atoms with E-state index in [1.165, 1.54) is 22.9 Å². The van der Waals surface area contributed by atoms with Gasteiger partial charge in [-0.05, 0) is 12.8 Å². The van der Waals surface area contributed by atoms with Crippen LogP contribution < -0.4 is 5.56 Å². The molecule has 2 aromatic heterocycles. The third-order valence-corrected chi connectivity index (χ3v) is 6.73. The molecule has 1 aliphatic heterocycles. The third kappa shape index (κ3) is 4.03. The number of piperidine rings is 1. The van der Waals surface area contributed by atoms with Crippen molar-refractivity contribution in [1.29, 1.82) is 0 Å². The van der Waals surface area contributed by atoms with E-state index in [0.717, 1.165) is 24.2 Å². The number of aromatic nitrogens is 2. The molecule has 0 aromatic carbocycles. The second-order valence-corrected chi connectivity index (χ2v) is 8.44. The highest BCUT2D eigenvalue weighted by Crippen LogP contribution is 2.35. The summed E-state index contributed by atoms with van der Waals surface area (Å²) < 4.78 is 12.1. The Labute approximate surface area is 174 Å². The molecule has 1 aliphatic rings. The second kappa shape index (κ2) is 8.77. The number of likely N-dealkylation sites (tertiary alicyclic amines) is 1. The number of ketones is 1. The molecule has 0 unspecified atom stereocenters. The van der Waals surface area contributed by atoms with Crippen LogP contribution in [0.1, 0.15) is 19.3 Å². The number of hydrogen-bond donors (Lipinski definition) is 0. The SMILES string of the molecule is COC(=O)N1CCC[C@H](OC)[C@H]1CC(=O)Cn1cnc2c(Cl)c(Cl)sc2c1=O. The van der Waals surface area contributed by atoms with Gasteiger partial charge < -0.3 is 14.4 Å². The van der Waals surface area contributed by atoms with Crippen LogP contribution in [0, 0.1) is 0 Å². The number of nitrogens with zero attached hydrogens (tertiary/aromatic N) is 3. The molecule has 152 valence electrons. The molecular formula is C17H19Cl2N3O5S. The number of ether oxygens (including phenoxy) is 2. The number of methoxy groups -OCH3 is 2. The van der Waals surface area contributed by atoms with Crippen LogP contribution in [0.15, 0.2) is 11.1 Å². The van der Waals surface area contributed by atoms with Crippen LogP contribution in [0.25, 0.3) is 10.2 Å². The Morgan fingerprint density at radius 3 is 2.79 bits per heavy atom. The lowest BCUT2D eigenvalue weighted by atomic mass is 9.94. The minimum atomic E-state index is -0.498. The normalized spacial score (nSPS) is 19.8. The van der Waals surface area contributed by atoms with Crippen LogP contribution in [0.5, 0.6) is 0 Å². The number of fused-ring (bicyclic) bond motifs is 1. The summed E-state index contributed by atoms with van der Waals surface area (Å²) in [6.45, 7) is 0.320. The van der Waals surface area contributed by atoms with Crippen LogP contribution in [-0.4, -0.2) is 59.2 Å². The Kier molecular flexibility index (Phi) is 6.59. The lowest BCUT2D eigenvalue weighted by Gasteiger charge is -2.39. The number of rotatable bonds is 5. The van der Waals surface area contributed by atoms with Gasteiger partial charge in [0.2, 0.25) is 0 Å². The fourth-order valence-corrected chi connectivity index (χ4v) is 4.89. The van der Waals surface area contributed by atoms with Crippen molar-refractivity contribution in [2.45, 2.75) is 38.0 Å². The molecule has 0 N–H and O–H groups in total. The molecule has 1 fully saturated rings. The van der Waals surface area contributed by atoms with Gasteiger partial charge in [0.1, 0.15) is 14.6 Å². The van der Waals surface area contributed by atoms with Crippen molar-refractivity contribution in [3.05, 3.63) is 26.0 Å². The van der Waals surface area contributed by atoms with Crippen molar-refractivity contribution >= 4 is 56.6 Å². The van der Waals surface area contributed by atoms with Gasteiger partial charge in [-0.3, -0.25) is 14.2 Å². The molecule has 3 rings (SSSR count). The summed E-state index contributed by atoms with van der Waals surface area (Å²) in [5.74, 6) is -0.222. The molecule has 28 heavy (non-hydrogen) atoms. The molecule has 1 saturated heterocycles. The number of Topliss-reactive ketones (excluding diaryl/α,β-unsaturated/α-hetero) is 1. The lowest BCUT2D eigenvalue weighted by Crippen LogP contribution is -2.52. The fourth-order valence-electron chi connectivity index (χ4n) is 3.43. The van der Waals surface area contributed by atoms with E-state index in [0.29, 0.717) is 16.8 Å². The zero-order valence-electron chi connectivity index (χ0n) is 15.3. The zero-order valence-corrected chi connectivity index (χ0v) is 17.6. The third-order valence-electron chi connectivity index (χ3n) is 4.78. The standard InChI is InChI=1S/C17H19Cl2N3O5S/c1-26-11-4-3-5-22(17(25)27-2)10(11)6-9(23)7-21-8-20-13-12(18)15(19)28-14(13)16(21)24/h8,10-11H,3-7H2,1-2H3/t10-,11+/m1/s1. The van der Waals surface area contributed by atoms with Crippen molar-refractivity contribution in [3.8, 4) is 0 Å². The van der Waals surface area contributed by atoms with Crippen molar-refractivity contribution < 1.29 is 19.1 Å². The van der Waals surface area contributed by atoms with Gasteiger partial charge in [0.05, 0.1) is 37.2 Å². The number of hydrogen-bond acceptors (Lipinski definition) is 7. The first-order valence-electron chi connectivity index (χ1n) is 8.59. The predicted octanol–water partition coefficient (Wildman–Crippen LogP) is 2.97. The molecule has 0 radical (unpaired) electrons. The van der Waals surface area contributed by atoms with Gasteiger partial charge in [0.15, 0.2) is 5.78 Å². The highest BCUT2D eigenvalue weighted by molar-refractivity contribution is 7.23. The number of carbonyl (C=O) groups excluding carboxylic acids is 2. The van der Waals surface area contributed by atoms with Gasteiger partial charge >= 0.3 is 6.09 Å². The first kappa shape index (κ1) is 21.0. The predicted molar refractivity (Wildman–Crippen MR) is 106 cm³/mol. The zero-order chi connectivity index (χ0) is 20.4. The summed E-state index contributed by atoms with van der Waals surface area (Å²) in [7, 11) is 2.85. The van der Waals surface area contributed by atoms with Gasteiger partial charge in [0.25, 0.3) is 5.56 Å². The van der Waals surface area contributed by atoms with Crippen molar-refractivity contribution in [3.63, 3.8) is 0 Å². The maximum atomic E-state index is 12.7. The molecule has 2 aromatic rings. The maximum Gasteiger partial charge on any atom is 0.409 e. The summed E-state index contributed by atoms with van der Waals surface area (Å²) in [6.07, 6.45) is 2.06. The topological polar surface area (TPSA) is 90.7 Å². The van der Waals surface area contributed by atoms with Crippen molar-refractivity contribution in [2.75, 3.05) is 20.8 Å². The molecule has 3 heterocycles. The van der Waals surface area contributed by atoms with E-state index in [1.807, 2.05) is 0 Å². The average Bonchev–Trinajstić information content (AvgIpc) is 2.98. The minimum Gasteiger partial charge on any atom is -0.453 e. The Balaban J connectivity index is 1.80. The number of thiophene rings is 1. The minimum absolute atomic E-state index is 0.0457. The van der Waals surface area contributed by atoms with Crippen LogP contribution in [0.2, 0.25) is 9.36 Å². The molecule has 11 heteroatoms. The Morgan fingerprint density at radius 2 is 2.11 bits per heavy atom. The smallest absolute Gasteiger partial charge is 0.409 e. The molecule has 0 aliphatic carbocycles. The number of carbonyl (C=O) groups is 2. The first-order chi connectivity index (χ1) is 13.4. The summed E-state index contributed by atoms with van der Waals surface area (Å²) in [5, 5.41) is 0.233. The van der Waals surface area contributed by atoms with Crippen molar-refractivity contribution in [1.82, 2.24) is 14.5 Å². The highest BCUT2D eigenvalue weighted by atomic mass is 35.5. The van der Waals surface area contributed by atoms with E-state index in [2.05, 4.69) is 4.98 Å². The van der Waals surface area contributed by atoms with Gasteiger partial charge in [0, 0.05) is 20.1 Å². The second-order valence-electron chi connectivity index (χ2n) is 6.44. The molecule has 0 spiro atoms. The molecule has 0 saturated carbocycles. The van der Waals surface area contributed by atoms with E-state index in [-0.39, 0.29) is 39.8 Å². The largest absolute Gasteiger partial charge is 0.453 e. The van der Waals surface area contributed by atoms with Gasteiger partial charge in [-0.25, -0.2) is 9.78 Å². The van der Waals surface area contributed by atoms with Crippen LogP contribution in [0.3, 0.4) is 0 Å². The molecule has 2 atom stereocenters. The van der Waals surface area contributed by atoms with Crippen LogP contribution in [0.4, 0.5) is 4.79 Å². The fraction of sp³-hybridized carbons (Fsp3) is 0.529. The lowest BCUT2D eigenvalue weighted by molar-refractivity contribution is -0.122. The van der Waals surface area contributed by atoms with E-state index in [9.17, 15) is 14.4 Å². The Bertz CT molecular complexity index is 960. The molecule has 8 nitrogen and oxygen atoms in total. The molecular weight excluding hydrogens is 429 g/mol. The summed E-state index contributed by atoms with van der Waals surface area (Å²) in [5.41, 5.74) is -0.0529. The van der Waals surface area contributed by atoms with Crippen molar-refractivity contribution in [2.24, 2.45) is 0 Å². The summed E-state index contributed by atoms with van der Waals surface area (Å²) >= 11 is 13.0. The van der Waals surface area contributed by atoms with Gasteiger partial charge in [-0.2, -0.15) is 0 Å². The number of amides is 1. The molecule has 1 amide bonds. The summed E-state index contributed by atoms with van der Waals surface area (Å²) in [4.78, 5) is 43.0. The van der Waals surface area contributed by atoms with E-state index >= 15 is 0 Å². The highest BCUT2D eigenvalue weighted by Gasteiger charge is 2.36. The van der Waals surface area contributed by atoms with E-state index < -0.39 is 12.1 Å². The Hall–Kier alpha value is -1.68. The van der Waals surface area contributed by atoms with Crippen LogP contribution >= 0.6 is 34.5 Å². The molecule has 0 bridgehead atoms. The van der Waals surface area contributed by atoms with E-state index in [4.69, 9.17) is 32.7 Å². The number of halogens is 2. The van der Waals surface area contributed by atoms with Gasteiger partial charge in [-0.1, -0.05) is 23.2 Å². The quantitative estimate of drug-likeness (QED) is 0.699. The van der Waals surface area contributed by atoms with Crippen LogP contribution in [-0.2, 0) is 20.8 Å². The Morgan fingerprint density at radius 1 is 1.36 bits per heavy atom. The maximum absolute atomic E-state index is 12.7.